The molecule has 0 aliphatic rings. The number of hydrogen-bond acceptors (Lipinski definition) is 3. The Bertz CT molecular complexity index is 566. The van der Waals surface area contributed by atoms with E-state index >= 15 is 0 Å². The Morgan fingerprint density at radius 1 is 1.38 bits per heavy atom. The van der Waals surface area contributed by atoms with Gasteiger partial charge in [-0.05, 0) is 31.5 Å². The average molecular weight is 220 g/mol. The van der Waals surface area contributed by atoms with Gasteiger partial charge < -0.3 is 14.3 Å². The van der Waals surface area contributed by atoms with Crippen molar-refractivity contribution < 1.29 is 19.1 Å². The molecule has 1 heterocycles. The first-order valence-electron chi connectivity index (χ1n) is 4.85. The van der Waals surface area contributed by atoms with E-state index in [0.29, 0.717) is 11.3 Å². The summed E-state index contributed by atoms with van der Waals surface area (Å²) in [6.45, 7) is 3.74. The van der Waals surface area contributed by atoms with Gasteiger partial charge in [0, 0.05) is 10.9 Å². The second-order valence-corrected chi connectivity index (χ2v) is 3.68. The molecular formula is C12H12O4. The van der Waals surface area contributed by atoms with Crippen LogP contribution in [-0.4, -0.2) is 18.2 Å². The first kappa shape index (κ1) is 10.5. The third-order valence-electron chi connectivity index (χ3n) is 2.65. The molecule has 1 N–H and O–H groups in total. The number of benzene rings is 1. The van der Waals surface area contributed by atoms with Crippen LogP contribution in [0.5, 0.6) is 5.75 Å². The van der Waals surface area contributed by atoms with Crippen LogP contribution in [0.3, 0.4) is 0 Å². The highest BCUT2D eigenvalue weighted by Crippen LogP contribution is 2.32. The number of fused-ring (bicyclic) bond motifs is 1. The molecule has 4 nitrogen and oxygen atoms in total. The van der Waals surface area contributed by atoms with Crippen molar-refractivity contribution in [2.24, 2.45) is 0 Å². The predicted molar refractivity (Wildman–Crippen MR) is 59.2 cm³/mol. The van der Waals surface area contributed by atoms with Gasteiger partial charge in [0.05, 0.1) is 7.11 Å². The van der Waals surface area contributed by atoms with Gasteiger partial charge in [-0.3, -0.25) is 0 Å². The van der Waals surface area contributed by atoms with E-state index in [0.717, 1.165) is 16.5 Å². The Labute approximate surface area is 92.4 Å². The largest absolute Gasteiger partial charge is 0.496 e. The highest BCUT2D eigenvalue weighted by Gasteiger charge is 2.16. The first-order valence-corrected chi connectivity index (χ1v) is 4.85. The first-order chi connectivity index (χ1) is 7.54. The van der Waals surface area contributed by atoms with E-state index in [4.69, 9.17) is 14.3 Å². The van der Waals surface area contributed by atoms with E-state index < -0.39 is 5.97 Å². The second kappa shape index (κ2) is 3.56. The molecule has 0 amide bonds. The van der Waals surface area contributed by atoms with Crippen molar-refractivity contribution in [3.8, 4) is 5.75 Å². The molecular weight excluding hydrogens is 208 g/mol. The summed E-state index contributed by atoms with van der Waals surface area (Å²) < 4.78 is 10.5. The molecule has 4 heteroatoms. The number of rotatable bonds is 2. The van der Waals surface area contributed by atoms with Gasteiger partial charge in [-0.25, -0.2) is 4.79 Å². The van der Waals surface area contributed by atoms with Crippen LogP contribution >= 0.6 is 0 Å². The monoisotopic (exact) mass is 220 g/mol. The lowest BCUT2D eigenvalue weighted by Crippen LogP contribution is -1.91. The number of carbonyl (C=O) groups is 1. The van der Waals surface area contributed by atoms with E-state index in [-0.39, 0.29) is 5.76 Å². The summed E-state index contributed by atoms with van der Waals surface area (Å²) in [4.78, 5) is 10.8. The third kappa shape index (κ3) is 1.43. The van der Waals surface area contributed by atoms with Gasteiger partial charge in [-0.1, -0.05) is 0 Å². The van der Waals surface area contributed by atoms with Crippen molar-refractivity contribution in [3.63, 3.8) is 0 Å². The summed E-state index contributed by atoms with van der Waals surface area (Å²) in [6.07, 6.45) is 0. The molecule has 1 aromatic heterocycles. The molecule has 0 unspecified atom stereocenters. The van der Waals surface area contributed by atoms with Crippen molar-refractivity contribution in [1.29, 1.82) is 0 Å². The van der Waals surface area contributed by atoms with E-state index in [1.54, 1.807) is 13.2 Å². The number of furan rings is 1. The molecule has 0 aliphatic heterocycles. The molecule has 84 valence electrons. The van der Waals surface area contributed by atoms with Crippen molar-refractivity contribution >= 4 is 16.9 Å². The van der Waals surface area contributed by atoms with Crippen LogP contribution < -0.4 is 4.74 Å². The van der Waals surface area contributed by atoms with Gasteiger partial charge in [0.2, 0.25) is 5.76 Å². The molecule has 0 saturated carbocycles. The third-order valence-corrected chi connectivity index (χ3v) is 2.65. The Hall–Kier alpha value is -1.97. The fourth-order valence-corrected chi connectivity index (χ4v) is 1.77. The lowest BCUT2D eigenvalue weighted by molar-refractivity contribution is 0.0665. The maximum absolute atomic E-state index is 10.8. The Kier molecular flexibility index (Phi) is 2.34. The molecule has 0 radical (unpaired) electrons. The van der Waals surface area contributed by atoms with Gasteiger partial charge in [0.25, 0.3) is 0 Å². The minimum Gasteiger partial charge on any atom is -0.496 e. The molecule has 0 atom stereocenters. The Morgan fingerprint density at radius 3 is 2.62 bits per heavy atom. The lowest BCUT2D eigenvalue weighted by atomic mass is 10.1. The Morgan fingerprint density at radius 2 is 2.06 bits per heavy atom. The number of carboxylic acid groups (broad SMARTS) is 1. The average Bonchev–Trinajstić information content (AvgIpc) is 2.68. The lowest BCUT2D eigenvalue weighted by Gasteiger charge is -2.06. The van der Waals surface area contributed by atoms with Crippen LogP contribution in [0, 0.1) is 13.8 Å². The summed E-state index contributed by atoms with van der Waals surface area (Å²) in [6, 6.07) is 3.41. The second-order valence-electron chi connectivity index (χ2n) is 3.68. The zero-order valence-electron chi connectivity index (χ0n) is 9.33. The van der Waals surface area contributed by atoms with Crippen LogP contribution in [0.25, 0.3) is 11.0 Å². The van der Waals surface area contributed by atoms with Gasteiger partial charge in [-0.15, -0.1) is 0 Å². The summed E-state index contributed by atoms with van der Waals surface area (Å²) in [5.41, 5.74) is 2.33. The standard InChI is InChI=1S/C12H12O4/c1-6-4-9(15-3)7(2)11-8(6)5-10(16-11)12(13)14/h4-5H,1-3H3,(H,13,14). The smallest absolute Gasteiger partial charge is 0.371 e. The number of aryl methyl sites for hydroxylation is 2. The molecule has 2 aromatic rings. The van der Waals surface area contributed by atoms with Crippen molar-refractivity contribution in [2.75, 3.05) is 7.11 Å². The van der Waals surface area contributed by atoms with E-state index in [2.05, 4.69) is 0 Å². The number of carboxylic acids is 1. The number of aromatic carboxylic acids is 1. The fraction of sp³-hybridized carbons (Fsp3) is 0.250. The molecule has 0 bridgehead atoms. The normalized spacial score (nSPS) is 10.7. The van der Waals surface area contributed by atoms with Gasteiger partial charge >= 0.3 is 5.97 Å². The van der Waals surface area contributed by atoms with Crippen molar-refractivity contribution in [1.82, 2.24) is 0 Å². The van der Waals surface area contributed by atoms with Crippen LogP contribution in [0.1, 0.15) is 21.7 Å². The zero-order chi connectivity index (χ0) is 11.9. The molecule has 0 spiro atoms. The highest BCUT2D eigenvalue weighted by atomic mass is 16.5. The van der Waals surface area contributed by atoms with Crippen LogP contribution in [0.15, 0.2) is 16.5 Å². The molecule has 1 aromatic carbocycles. The van der Waals surface area contributed by atoms with E-state index in [1.807, 2.05) is 19.9 Å². The molecule has 16 heavy (non-hydrogen) atoms. The molecule has 0 aliphatic carbocycles. The van der Waals surface area contributed by atoms with Crippen molar-refractivity contribution in [3.05, 3.63) is 29.0 Å². The number of ether oxygens (including phenoxy) is 1. The maximum Gasteiger partial charge on any atom is 0.371 e. The minimum absolute atomic E-state index is 0.0468. The molecule has 0 fully saturated rings. The summed E-state index contributed by atoms with van der Waals surface area (Å²) in [5.74, 6) is -0.403. The topological polar surface area (TPSA) is 59.7 Å². The SMILES string of the molecule is COc1cc(C)c2cc(C(=O)O)oc2c1C. The number of methoxy groups -OCH3 is 1. The van der Waals surface area contributed by atoms with E-state index in [9.17, 15) is 4.79 Å². The number of hydrogen-bond donors (Lipinski definition) is 1. The van der Waals surface area contributed by atoms with Crippen molar-refractivity contribution in [2.45, 2.75) is 13.8 Å². The van der Waals surface area contributed by atoms with Crippen LogP contribution in [-0.2, 0) is 0 Å². The predicted octanol–water partition coefficient (Wildman–Crippen LogP) is 2.76. The van der Waals surface area contributed by atoms with E-state index in [1.165, 1.54) is 0 Å². The van der Waals surface area contributed by atoms with Gasteiger partial charge in [-0.2, -0.15) is 0 Å². The summed E-state index contributed by atoms with van der Waals surface area (Å²) in [5, 5.41) is 9.68. The molecule has 2 rings (SSSR count). The van der Waals surface area contributed by atoms with Gasteiger partial charge in [0.1, 0.15) is 11.3 Å². The summed E-state index contributed by atoms with van der Waals surface area (Å²) >= 11 is 0. The molecule has 0 saturated heterocycles. The Balaban J connectivity index is 2.80. The highest BCUT2D eigenvalue weighted by molar-refractivity contribution is 5.94. The van der Waals surface area contributed by atoms with Crippen LogP contribution in [0.4, 0.5) is 0 Å². The van der Waals surface area contributed by atoms with Crippen LogP contribution in [0.2, 0.25) is 0 Å². The van der Waals surface area contributed by atoms with Gasteiger partial charge in [0.15, 0.2) is 0 Å². The maximum atomic E-state index is 10.8. The zero-order valence-corrected chi connectivity index (χ0v) is 9.33. The fourth-order valence-electron chi connectivity index (χ4n) is 1.77. The quantitative estimate of drug-likeness (QED) is 0.845. The summed E-state index contributed by atoms with van der Waals surface area (Å²) in [7, 11) is 1.58. The minimum atomic E-state index is -1.06.